The van der Waals surface area contributed by atoms with Gasteiger partial charge >= 0.3 is 0 Å². The van der Waals surface area contributed by atoms with Crippen molar-refractivity contribution in [1.82, 2.24) is 15.2 Å². The third kappa shape index (κ3) is 3.67. The van der Waals surface area contributed by atoms with Crippen LogP contribution in [-0.2, 0) is 16.0 Å². The van der Waals surface area contributed by atoms with E-state index in [9.17, 15) is 9.59 Å². The van der Waals surface area contributed by atoms with Gasteiger partial charge in [-0.1, -0.05) is 0 Å². The maximum absolute atomic E-state index is 12.5. The van der Waals surface area contributed by atoms with E-state index in [1.165, 1.54) is 0 Å². The van der Waals surface area contributed by atoms with Crippen LogP contribution in [-0.4, -0.2) is 47.4 Å². The molecule has 2 fully saturated rings. The molecule has 0 bridgehead atoms. The molecular formula is C20H23N3O4. The Morgan fingerprint density at radius 3 is 2.85 bits per heavy atom. The molecule has 1 spiro atoms. The monoisotopic (exact) mass is 369 g/mol. The standard InChI is InChI=1S/C20H23N3O4/c1-26-15-4-2-14(3-5-15)16-12-21-18(27-16)6-7-19(25)23-11-10-20(13-23)9-8-17(24)22-20/h2-5,12H,6-11,13H2,1H3,(H,22,24). The second-order valence-corrected chi connectivity index (χ2v) is 7.24. The molecule has 0 radical (unpaired) electrons. The van der Waals surface area contributed by atoms with Crippen LogP contribution in [0.3, 0.4) is 0 Å². The highest BCUT2D eigenvalue weighted by Crippen LogP contribution is 2.31. The van der Waals surface area contributed by atoms with Gasteiger partial charge in [0.1, 0.15) is 5.75 Å². The van der Waals surface area contributed by atoms with E-state index < -0.39 is 0 Å². The largest absolute Gasteiger partial charge is 0.497 e. The molecule has 2 saturated heterocycles. The minimum Gasteiger partial charge on any atom is -0.497 e. The summed E-state index contributed by atoms with van der Waals surface area (Å²) in [7, 11) is 1.63. The maximum atomic E-state index is 12.5. The summed E-state index contributed by atoms with van der Waals surface area (Å²) in [5.74, 6) is 2.18. The molecule has 1 aromatic heterocycles. The number of oxazole rings is 1. The van der Waals surface area contributed by atoms with E-state index >= 15 is 0 Å². The Bertz CT molecular complexity index is 845. The number of nitrogens with one attached hydrogen (secondary N) is 1. The van der Waals surface area contributed by atoms with Crippen LogP contribution in [0.4, 0.5) is 0 Å². The van der Waals surface area contributed by atoms with Gasteiger partial charge in [0, 0.05) is 37.9 Å². The number of ether oxygens (including phenoxy) is 1. The molecule has 0 saturated carbocycles. The number of amides is 2. The summed E-state index contributed by atoms with van der Waals surface area (Å²) in [6, 6.07) is 7.56. The van der Waals surface area contributed by atoms with E-state index in [-0.39, 0.29) is 17.4 Å². The molecule has 7 heteroatoms. The number of aromatic nitrogens is 1. The van der Waals surface area contributed by atoms with Crippen LogP contribution in [0.2, 0.25) is 0 Å². The lowest BCUT2D eigenvalue weighted by Crippen LogP contribution is -2.44. The SMILES string of the molecule is COc1ccc(-c2cnc(CCC(=O)N3CCC4(CCC(=O)N4)C3)o2)cc1. The van der Waals surface area contributed by atoms with Crippen molar-refractivity contribution in [2.24, 2.45) is 0 Å². The van der Waals surface area contributed by atoms with Crippen LogP contribution in [0.5, 0.6) is 5.75 Å². The van der Waals surface area contributed by atoms with Gasteiger partial charge in [0.15, 0.2) is 11.7 Å². The summed E-state index contributed by atoms with van der Waals surface area (Å²) in [4.78, 5) is 30.2. The third-order valence-electron chi connectivity index (χ3n) is 5.42. The van der Waals surface area contributed by atoms with E-state index in [4.69, 9.17) is 9.15 Å². The zero-order valence-electron chi connectivity index (χ0n) is 15.4. The number of rotatable bonds is 5. The molecule has 2 aliphatic rings. The number of hydrogen-bond acceptors (Lipinski definition) is 5. The molecule has 27 heavy (non-hydrogen) atoms. The first-order chi connectivity index (χ1) is 13.1. The highest BCUT2D eigenvalue weighted by molar-refractivity contribution is 5.81. The van der Waals surface area contributed by atoms with Gasteiger partial charge in [0.05, 0.1) is 18.8 Å². The summed E-state index contributed by atoms with van der Waals surface area (Å²) in [6.07, 6.45) is 4.72. The van der Waals surface area contributed by atoms with E-state index in [1.807, 2.05) is 29.2 Å². The van der Waals surface area contributed by atoms with Gasteiger partial charge in [-0.25, -0.2) is 4.98 Å². The third-order valence-corrected chi connectivity index (χ3v) is 5.42. The van der Waals surface area contributed by atoms with Crippen LogP contribution < -0.4 is 10.1 Å². The Kier molecular flexibility index (Phi) is 4.59. The molecule has 3 heterocycles. The Hall–Kier alpha value is -2.83. The van der Waals surface area contributed by atoms with Crippen molar-refractivity contribution in [3.05, 3.63) is 36.4 Å². The van der Waals surface area contributed by atoms with Crippen LogP contribution in [0.25, 0.3) is 11.3 Å². The average Bonchev–Trinajstić information content (AvgIpc) is 3.41. The maximum Gasteiger partial charge on any atom is 0.223 e. The normalized spacial score (nSPS) is 21.7. The number of likely N-dealkylation sites (tertiary alicyclic amines) is 1. The van der Waals surface area contributed by atoms with E-state index in [0.717, 1.165) is 24.2 Å². The number of nitrogens with zero attached hydrogens (tertiary/aromatic N) is 2. The smallest absolute Gasteiger partial charge is 0.223 e. The number of carbonyl (C=O) groups excluding carboxylic acids is 2. The zero-order chi connectivity index (χ0) is 18.9. The average molecular weight is 369 g/mol. The minimum absolute atomic E-state index is 0.0808. The first kappa shape index (κ1) is 17.6. The quantitative estimate of drug-likeness (QED) is 0.873. The van der Waals surface area contributed by atoms with Gasteiger partial charge in [0.25, 0.3) is 0 Å². The Morgan fingerprint density at radius 1 is 1.33 bits per heavy atom. The number of benzene rings is 1. The predicted octanol–water partition coefficient (Wildman–Crippen LogP) is 2.16. The van der Waals surface area contributed by atoms with Crippen LogP contribution in [0, 0.1) is 0 Å². The first-order valence-corrected chi connectivity index (χ1v) is 9.25. The molecule has 2 aromatic rings. The second-order valence-electron chi connectivity index (χ2n) is 7.24. The Balaban J connectivity index is 1.32. The van der Waals surface area contributed by atoms with Crippen molar-refractivity contribution >= 4 is 11.8 Å². The minimum atomic E-state index is -0.197. The Labute approximate surface area is 157 Å². The van der Waals surface area contributed by atoms with Crippen LogP contribution in [0.15, 0.2) is 34.9 Å². The molecule has 1 atom stereocenters. The highest BCUT2D eigenvalue weighted by atomic mass is 16.5. The fraction of sp³-hybridized carbons (Fsp3) is 0.450. The van der Waals surface area contributed by atoms with Gasteiger partial charge < -0.3 is 19.4 Å². The fourth-order valence-corrected chi connectivity index (χ4v) is 3.85. The first-order valence-electron chi connectivity index (χ1n) is 9.25. The molecule has 2 amide bonds. The topological polar surface area (TPSA) is 84.7 Å². The zero-order valence-corrected chi connectivity index (χ0v) is 15.4. The van der Waals surface area contributed by atoms with Crippen molar-refractivity contribution in [2.75, 3.05) is 20.2 Å². The van der Waals surface area contributed by atoms with Gasteiger partial charge in [0.2, 0.25) is 11.8 Å². The summed E-state index contributed by atoms with van der Waals surface area (Å²) >= 11 is 0. The highest BCUT2D eigenvalue weighted by Gasteiger charge is 2.44. The van der Waals surface area contributed by atoms with Crippen molar-refractivity contribution in [1.29, 1.82) is 0 Å². The number of methoxy groups -OCH3 is 1. The van der Waals surface area contributed by atoms with Crippen LogP contribution >= 0.6 is 0 Å². The second kappa shape index (κ2) is 7.06. The molecule has 4 rings (SSSR count). The molecule has 1 N–H and O–H groups in total. The Morgan fingerprint density at radius 2 is 2.15 bits per heavy atom. The van der Waals surface area contributed by atoms with Gasteiger partial charge in [-0.2, -0.15) is 0 Å². The van der Waals surface area contributed by atoms with E-state index in [2.05, 4.69) is 10.3 Å². The van der Waals surface area contributed by atoms with Crippen molar-refractivity contribution in [3.63, 3.8) is 0 Å². The molecule has 1 unspecified atom stereocenters. The van der Waals surface area contributed by atoms with Gasteiger partial charge in [-0.05, 0) is 37.1 Å². The lowest BCUT2D eigenvalue weighted by molar-refractivity contribution is -0.130. The summed E-state index contributed by atoms with van der Waals surface area (Å²) in [5, 5.41) is 3.04. The summed E-state index contributed by atoms with van der Waals surface area (Å²) in [6.45, 7) is 1.31. The van der Waals surface area contributed by atoms with Crippen molar-refractivity contribution in [3.8, 4) is 17.1 Å². The van der Waals surface area contributed by atoms with E-state index in [1.54, 1.807) is 13.3 Å². The van der Waals surface area contributed by atoms with Crippen molar-refractivity contribution < 1.29 is 18.7 Å². The van der Waals surface area contributed by atoms with Crippen molar-refractivity contribution in [2.45, 2.75) is 37.6 Å². The van der Waals surface area contributed by atoms with Gasteiger partial charge in [-0.15, -0.1) is 0 Å². The number of aryl methyl sites for hydroxylation is 1. The summed E-state index contributed by atoms with van der Waals surface area (Å²) in [5.41, 5.74) is 0.719. The molecule has 2 aliphatic heterocycles. The van der Waals surface area contributed by atoms with Gasteiger partial charge in [-0.3, -0.25) is 9.59 Å². The molecular weight excluding hydrogens is 346 g/mol. The lowest BCUT2D eigenvalue weighted by atomic mass is 9.97. The summed E-state index contributed by atoms with van der Waals surface area (Å²) < 4.78 is 10.9. The number of carbonyl (C=O) groups is 2. The van der Waals surface area contributed by atoms with Crippen LogP contribution in [0.1, 0.15) is 31.6 Å². The molecule has 0 aliphatic carbocycles. The number of hydrogen-bond donors (Lipinski definition) is 1. The fourth-order valence-electron chi connectivity index (χ4n) is 3.85. The van der Waals surface area contributed by atoms with E-state index in [0.29, 0.717) is 44.0 Å². The molecule has 142 valence electrons. The molecule has 1 aromatic carbocycles. The lowest BCUT2D eigenvalue weighted by Gasteiger charge is -2.23. The predicted molar refractivity (Wildman–Crippen MR) is 98.1 cm³/mol. The molecule has 7 nitrogen and oxygen atoms in total.